The molecule has 4 nitrogen and oxygen atoms in total. The summed E-state index contributed by atoms with van der Waals surface area (Å²) in [4.78, 5) is 13.9. The normalized spacial score (nSPS) is 11.8. The summed E-state index contributed by atoms with van der Waals surface area (Å²) in [6.07, 6.45) is 12.4. The van der Waals surface area contributed by atoms with Gasteiger partial charge in [-0.3, -0.25) is 15.0 Å². The average molecular weight is 887 g/mol. The minimum Gasteiger partial charge on any atom is -0.256 e. The van der Waals surface area contributed by atoms with Crippen molar-refractivity contribution in [3.8, 4) is 84.3 Å². The molecule has 0 saturated heterocycles. The van der Waals surface area contributed by atoms with E-state index in [-0.39, 0.29) is 0 Å². The molecular formula is C65H50N4. The molecule has 10 aromatic rings. The second-order valence-electron chi connectivity index (χ2n) is 18.1. The summed E-state index contributed by atoms with van der Waals surface area (Å²) >= 11 is 0. The van der Waals surface area contributed by atoms with Crippen LogP contribution in [0.25, 0.3) is 78.3 Å². The molecule has 1 aliphatic rings. The molecule has 0 radical (unpaired) electrons. The highest BCUT2D eigenvalue weighted by Crippen LogP contribution is 2.42. The van der Waals surface area contributed by atoms with Gasteiger partial charge in [-0.1, -0.05) is 152 Å². The van der Waals surface area contributed by atoms with E-state index in [2.05, 4.69) is 180 Å². The molecule has 330 valence electrons. The lowest BCUT2D eigenvalue weighted by Gasteiger charge is -2.18. The first kappa shape index (κ1) is 43.1. The first-order valence-corrected chi connectivity index (χ1v) is 24.1. The van der Waals surface area contributed by atoms with Crippen LogP contribution in [0.2, 0.25) is 0 Å². The fourth-order valence-electron chi connectivity index (χ4n) is 10.0. The molecule has 3 heterocycles. The average Bonchev–Trinajstić information content (AvgIpc) is 3.92. The van der Waals surface area contributed by atoms with Crippen molar-refractivity contribution in [2.75, 3.05) is 0 Å². The Balaban J connectivity index is 0.955. The van der Waals surface area contributed by atoms with Crippen molar-refractivity contribution in [2.45, 2.75) is 44.9 Å². The van der Waals surface area contributed by atoms with Gasteiger partial charge < -0.3 is 0 Å². The Morgan fingerprint density at radius 3 is 1.41 bits per heavy atom. The zero-order chi connectivity index (χ0) is 46.4. The van der Waals surface area contributed by atoms with Crippen LogP contribution in [0.5, 0.6) is 0 Å². The summed E-state index contributed by atoms with van der Waals surface area (Å²) in [7, 11) is 0. The molecule has 0 amide bonds. The Bertz CT molecular complexity index is 3320. The summed E-state index contributed by atoms with van der Waals surface area (Å²) in [5.41, 5.74) is 24.1. The zero-order valence-corrected chi connectivity index (χ0v) is 38.5. The van der Waals surface area contributed by atoms with E-state index in [1.165, 1.54) is 50.1 Å². The van der Waals surface area contributed by atoms with E-state index < -0.39 is 0 Å². The number of hydrogen-bond acceptors (Lipinski definition) is 4. The van der Waals surface area contributed by atoms with E-state index in [4.69, 9.17) is 4.98 Å². The zero-order valence-electron chi connectivity index (χ0n) is 38.5. The predicted octanol–water partition coefficient (Wildman–Crippen LogP) is 15.5. The minimum atomic E-state index is 0.809. The van der Waals surface area contributed by atoms with Crippen LogP contribution in [0.1, 0.15) is 45.4 Å². The third kappa shape index (κ3) is 9.55. The van der Waals surface area contributed by atoms with Gasteiger partial charge in [0.25, 0.3) is 0 Å². The molecule has 0 atom stereocenters. The van der Waals surface area contributed by atoms with Crippen LogP contribution in [0.3, 0.4) is 0 Å². The topological polar surface area (TPSA) is 62.5 Å². The molecular weight excluding hydrogens is 837 g/mol. The van der Waals surface area contributed by atoms with Gasteiger partial charge in [-0.15, -0.1) is 0 Å². The molecule has 0 saturated carbocycles. The van der Waals surface area contributed by atoms with Gasteiger partial charge in [-0.2, -0.15) is 5.26 Å². The Labute approximate surface area is 405 Å². The van der Waals surface area contributed by atoms with Gasteiger partial charge in [0.2, 0.25) is 0 Å². The van der Waals surface area contributed by atoms with Gasteiger partial charge in [-0.25, -0.2) is 0 Å². The van der Waals surface area contributed by atoms with E-state index in [0.29, 0.717) is 0 Å². The van der Waals surface area contributed by atoms with Gasteiger partial charge >= 0.3 is 0 Å². The molecule has 0 aliphatic heterocycles. The Morgan fingerprint density at radius 2 is 0.841 bits per heavy atom. The Morgan fingerprint density at radius 1 is 0.348 bits per heavy atom. The number of aromatic nitrogens is 3. The number of aryl methyl sites for hydroxylation is 5. The molecule has 0 spiro atoms. The van der Waals surface area contributed by atoms with Crippen LogP contribution < -0.4 is 0 Å². The van der Waals surface area contributed by atoms with E-state index >= 15 is 0 Å². The highest BCUT2D eigenvalue weighted by Gasteiger charge is 2.19. The van der Waals surface area contributed by atoms with Crippen molar-refractivity contribution < 1.29 is 0 Å². The lowest BCUT2D eigenvalue weighted by Crippen LogP contribution is -1.98. The van der Waals surface area contributed by atoms with E-state index in [9.17, 15) is 5.26 Å². The Kier molecular flexibility index (Phi) is 12.3. The second-order valence-corrected chi connectivity index (χ2v) is 18.1. The third-order valence-electron chi connectivity index (χ3n) is 13.7. The number of rotatable bonds is 13. The first-order chi connectivity index (χ1) is 34.1. The van der Waals surface area contributed by atoms with Crippen LogP contribution >= 0.6 is 0 Å². The fourth-order valence-corrected chi connectivity index (χ4v) is 10.0. The molecule has 0 unspecified atom stereocenters. The molecule has 11 rings (SSSR count). The number of nitriles is 1. The predicted molar refractivity (Wildman–Crippen MR) is 282 cm³/mol. The van der Waals surface area contributed by atoms with E-state index in [1.807, 2.05) is 55.0 Å². The standard InChI is InChI=1S/C65H50N4/c66-44-57-42-55(41-53-10-9-13-58(53)57)49-29-31-50(32-30-49)62-43-54(65-16-5-8-37-69-65)33-34-61(62)60-12-2-1-11-59(60)56-39-47(19-17-45-21-25-51(26-22-45)63-14-3-6-35-67-63)38-48(40-56)20-18-46-23-27-52(28-24-46)64-15-4-7-36-68-64/h1-8,11-12,14-16,21-43H,9-10,13,17-20H2. The second kappa shape index (κ2) is 19.8. The number of benzene rings is 7. The van der Waals surface area contributed by atoms with Crippen molar-refractivity contribution >= 4 is 0 Å². The first-order valence-electron chi connectivity index (χ1n) is 24.1. The molecule has 3 aromatic heterocycles. The number of fused-ring (bicyclic) bond motifs is 1. The van der Waals surface area contributed by atoms with Gasteiger partial charge in [-0.05, 0) is 171 Å². The largest absolute Gasteiger partial charge is 0.256 e. The van der Waals surface area contributed by atoms with Crippen molar-refractivity contribution in [3.63, 3.8) is 0 Å². The van der Waals surface area contributed by atoms with Gasteiger partial charge in [0.1, 0.15) is 0 Å². The maximum atomic E-state index is 10.0. The molecule has 0 fully saturated rings. The lowest BCUT2D eigenvalue weighted by atomic mass is 9.86. The highest BCUT2D eigenvalue weighted by molar-refractivity contribution is 5.94. The maximum Gasteiger partial charge on any atom is 0.0994 e. The SMILES string of the molecule is N#Cc1cc(-c2ccc(-c3cc(-c4ccccn4)ccc3-c3ccccc3-c3cc(CCc4ccc(-c5ccccn5)cc4)cc(CCc4ccc(-c5ccccn5)cc4)c3)cc2)cc2c1CCC2. The summed E-state index contributed by atoms with van der Waals surface area (Å²) in [6.45, 7) is 0. The summed E-state index contributed by atoms with van der Waals surface area (Å²) < 4.78 is 0. The van der Waals surface area contributed by atoms with E-state index in [0.717, 1.165) is 112 Å². The summed E-state index contributed by atoms with van der Waals surface area (Å²) in [6, 6.07) is 74.6. The van der Waals surface area contributed by atoms with Crippen molar-refractivity contribution in [3.05, 3.63) is 258 Å². The number of nitrogens with zero attached hydrogens (tertiary/aromatic N) is 4. The van der Waals surface area contributed by atoms with Gasteiger partial charge in [0.15, 0.2) is 0 Å². The monoisotopic (exact) mass is 886 g/mol. The minimum absolute atomic E-state index is 0.809. The summed E-state index contributed by atoms with van der Waals surface area (Å²) in [5.74, 6) is 0. The maximum absolute atomic E-state index is 10.0. The van der Waals surface area contributed by atoms with E-state index in [1.54, 1.807) is 0 Å². The van der Waals surface area contributed by atoms with Crippen LogP contribution in [-0.4, -0.2) is 15.0 Å². The molecule has 7 aromatic carbocycles. The van der Waals surface area contributed by atoms with Crippen molar-refractivity contribution in [1.29, 1.82) is 5.26 Å². The highest BCUT2D eigenvalue weighted by atomic mass is 14.7. The smallest absolute Gasteiger partial charge is 0.0994 e. The van der Waals surface area contributed by atoms with Crippen LogP contribution in [0, 0.1) is 11.3 Å². The lowest BCUT2D eigenvalue weighted by molar-refractivity contribution is 0.911. The summed E-state index contributed by atoms with van der Waals surface area (Å²) in [5, 5.41) is 10.0. The van der Waals surface area contributed by atoms with Crippen molar-refractivity contribution in [2.24, 2.45) is 0 Å². The van der Waals surface area contributed by atoms with Crippen LogP contribution in [0.15, 0.2) is 219 Å². The third-order valence-corrected chi connectivity index (χ3v) is 13.7. The fraction of sp³-hybridized carbons (Fsp3) is 0.108. The van der Waals surface area contributed by atoms with Crippen LogP contribution in [-0.2, 0) is 38.5 Å². The van der Waals surface area contributed by atoms with Gasteiger partial charge in [0.05, 0.1) is 28.7 Å². The van der Waals surface area contributed by atoms with Gasteiger partial charge in [0, 0.05) is 35.3 Å². The molecule has 0 N–H and O–H groups in total. The number of hydrogen-bond donors (Lipinski definition) is 0. The Hall–Kier alpha value is -8.52. The van der Waals surface area contributed by atoms with Crippen molar-refractivity contribution in [1.82, 2.24) is 15.0 Å². The molecule has 0 bridgehead atoms. The molecule has 1 aliphatic carbocycles. The van der Waals surface area contributed by atoms with Crippen LogP contribution in [0.4, 0.5) is 0 Å². The molecule has 69 heavy (non-hydrogen) atoms. The number of pyridine rings is 3. The molecule has 4 heteroatoms. The quantitative estimate of drug-likeness (QED) is 0.116.